The molecule has 1 unspecified atom stereocenters. The molecule has 2 amide bonds. The maximum Gasteiger partial charge on any atom is 0.251 e. The fourth-order valence-electron chi connectivity index (χ4n) is 3.08. The lowest BCUT2D eigenvalue weighted by Crippen LogP contribution is -2.44. The largest absolute Gasteiger partial charge is 0.494 e. The van der Waals surface area contributed by atoms with Crippen LogP contribution in [0.3, 0.4) is 0 Å². The first kappa shape index (κ1) is 25.1. The minimum atomic E-state index is -3.93. The Morgan fingerprint density at radius 2 is 1.88 bits per heavy atom. The number of rotatable bonds is 12. The zero-order valence-corrected chi connectivity index (χ0v) is 20.3. The third-order valence-corrected chi connectivity index (χ3v) is 7.11. The number of thioether (sulfide) groups is 1. The van der Waals surface area contributed by atoms with Gasteiger partial charge in [0, 0.05) is 17.3 Å². The number of ether oxygens (including phenoxy) is 1. The van der Waals surface area contributed by atoms with E-state index in [1.807, 2.05) is 13.2 Å². The van der Waals surface area contributed by atoms with Crippen molar-refractivity contribution in [2.45, 2.75) is 43.2 Å². The minimum Gasteiger partial charge on any atom is -0.494 e. The van der Waals surface area contributed by atoms with Crippen LogP contribution in [0.25, 0.3) is 0 Å². The van der Waals surface area contributed by atoms with E-state index >= 15 is 0 Å². The highest BCUT2D eigenvalue weighted by Gasteiger charge is 2.26. The van der Waals surface area contributed by atoms with Gasteiger partial charge in [0.2, 0.25) is 15.9 Å². The molecule has 8 nitrogen and oxygen atoms in total. The van der Waals surface area contributed by atoms with E-state index in [4.69, 9.17) is 4.74 Å². The number of sulfonamides is 1. The summed E-state index contributed by atoms with van der Waals surface area (Å²) in [6.07, 6.45) is 4.16. The van der Waals surface area contributed by atoms with Crippen LogP contribution >= 0.6 is 11.8 Å². The highest BCUT2D eigenvalue weighted by Crippen LogP contribution is 2.21. The third kappa shape index (κ3) is 7.48. The van der Waals surface area contributed by atoms with Gasteiger partial charge in [-0.25, -0.2) is 8.42 Å². The van der Waals surface area contributed by atoms with Crippen LogP contribution in [0.1, 0.15) is 36.5 Å². The molecule has 33 heavy (non-hydrogen) atoms. The average Bonchev–Trinajstić information content (AvgIpc) is 3.61. The maximum absolute atomic E-state index is 13.0. The molecule has 1 aliphatic carbocycles. The van der Waals surface area contributed by atoms with Crippen LogP contribution in [0, 0.1) is 0 Å². The van der Waals surface area contributed by atoms with Gasteiger partial charge in [-0.15, -0.1) is 0 Å². The SMILES string of the molecule is CCOc1ccc(S(=O)(=O)NC(CCSC)C(=O)Nc2cccc(C(=O)NC3CC3)c2)cc1. The van der Waals surface area contributed by atoms with Gasteiger partial charge in [0.15, 0.2) is 0 Å². The van der Waals surface area contributed by atoms with Crippen LogP contribution in [0.5, 0.6) is 5.75 Å². The number of carbonyl (C=O) groups is 2. The number of benzene rings is 2. The number of hydrogen-bond acceptors (Lipinski definition) is 6. The fraction of sp³-hybridized carbons (Fsp3) is 0.391. The first-order valence-electron chi connectivity index (χ1n) is 10.8. The lowest BCUT2D eigenvalue weighted by Gasteiger charge is -2.19. The molecule has 0 heterocycles. The smallest absolute Gasteiger partial charge is 0.251 e. The molecule has 1 atom stereocenters. The summed E-state index contributed by atoms with van der Waals surface area (Å²) in [5.74, 6) is 0.481. The first-order chi connectivity index (χ1) is 15.8. The zero-order chi connectivity index (χ0) is 23.8. The lowest BCUT2D eigenvalue weighted by atomic mass is 10.1. The molecular formula is C23H29N3O5S2. The first-order valence-corrected chi connectivity index (χ1v) is 13.7. The average molecular weight is 492 g/mol. The maximum atomic E-state index is 13.0. The van der Waals surface area contributed by atoms with Crippen LogP contribution in [-0.2, 0) is 14.8 Å². The van der Waals surface area contributed by atoms with Gasteiger partial charge in [0.05, 0.1) is 11.5 Å². The van der Waals surface area contributed by atoms with E-state index in [0.717, 1.165) is 12.8 Å². The summed E-state index contributed by atoms with van der Waals surface area (Å²) in [7, 11) is -3.93. The second kappa shape index (κ2) is 11.5. The van der Waals surface area contributed by atoms with E-state index in [9.17, 15) is 18.0 Å². The van der Waals surface area contributed by atoms with E-state index in [1.165, 1.54) is 23.9 Å². The predicted octanol–water partition coefficient (Wildman–Crippen LogP) is 3.02. The van der Waals surface area contributed by atoms with Crippen molar-refractivity contribution in [2.24, 2.45) is 0 Å². The van der Waals surface area contributed by atoms with Crippen LogP contribution in [0.2, 0.25) is 0 Å². The van der Waals surface area contributed by atoms with Gasteiger partial charge in [0.1, 0.15) is 11.8 Å². The Morgan fingerprint density at radius 3 is 2.52 bits per heavy atom. The Balaban J connectivity index is 1.71. The van der Waals surface area contributed by atoms with E-state index in [-0.39, 0.29) is 16.8 Å². The Labute approximate surface area is 198 Å². The number of hydrogen-bond donors (Lipinski definition) is 3. The molecule has 0 aliphatic heterocycles. The molecule has 1 fully saturated rings. The second-order valence-electron chi connectivity index (χ2n) is 7.68. The number of nitrogens with one attached hydrogen (secondary N) is 3. The number of anilines is 1. The van der Waals surface area contributed by atoms with Crippen molar-refractivity contribution >= 4 is 39.3 Å². The van der Waals surface area contributed by atoms with Gasteiger partial charge in [0.25, 0.3) is 5.91 Å². The van der Waals surface area contributed by atoms with Crippen molar-refractivity contribution in [3.63, 3.8) is 0 Å². The lowest BCUT2D eigenvalue weighted by molar-refractivity contribution is -0.117. The van der Waals surface area contributed by atoms with Crippen LogP contribution in [0.4, 0.5) is 5.69 Å². The number of carbonyl (C=O) groups excluding carboxylic acids is 2. The van der Waals surface area contributed by atoms with Crippen molar-refractivity contribution in [2.75, 3.05) is 23.9 Å². The Kier molecular flexibility index (Phi) is 8.76. The molecule has 0 saturated heterocycles. The summed E-state index contributed by atoms with van der Waals surface area (Å²) < 4.78 is 33.7. The van der Waals surface area contributed by atoms with Gasteiger partial charge in [-0.1, -0.05) is 6.07 Å². The molecule has 1 saturated carbocycles. The Morgan fingerprint density at radius 1 is 1.15 bits per heavy atom. The monoisotopic (exact) mass is 491 g/mol. The van der Waals surface area contributed by atoms with E-state index in [2.05, 4.69) is 15.4 Å². The third-order valence-electron chi connectivity index (χ3n) is 4.97. The van der Waals surface area contributed by atoms with Crippen molar-refractivity contribution < 1.29 is 22.7 Å². The highest BCUT2D eigenvalue weighted by atomic mass is 32.2. The standard InChI is InChI=1S/C23H29N3O5S2/c1-3-31-19-9-11-20(12-10-19)33(29,30)26-21(13-14-32-2)23(28)25-18-6-4-5-16(15-18)22(27)24-17-7-8-17/h4-6,9-12,15,17,21,26H,3,7-8,13-14H2,1-2H3,(H,24,27)(H,25,28). The van der Waals surface area contributed by atoms with Gasteiger partial charge in [-0.2, -0.15) is 16.5 Å². The molecule has 10 heteroatoms. The van der Waals surface area contributed by atoms with Crippen LogP contribution in [-0.4, -0.2) is 50.9 Å². The molecule has 1 aliphatic rings. The molecule has 2 aromatic rings. The zero-order valence-electron chi connectivity index (χ0n) is 18.7. The summed E-state index contributed by atoms with van der Waals surface area (Å²) in [6, 6.07) is 11.9. The topological polar surface area (TPSA) is 114 Å². The summed E-state index contributed by atoms with van der Waals surface area (Å²) in [6.45, 7) is 2.32. The Hall–Kier alpha value is -2.56. The van der Waals surface area contributed by atoms with Crippen LogP contribution < -0.4 is 20.1 Å². The summed E-state index contributed by atoms with van der Waals surface area (Å²) in [4.78, 5) is 25.3. The van der Waals surface area contributed by atoms with Crippen molar-refractivity contribution in [3.8, 4) is 5.75 Å². The van der Waals surface area contributed by atoms with Crippen molar-refractivity contribution in [1.82, 2.24) is 10.0 Å². The molecule has 2 aromatic carbocycles. The normalized spacial score (nSPS) is 14.4. The minimum absolute atomic E-state index is 0.0478. The van der Waals surface area contributed by atoms with E-state index in [0.29, 0.717) is 35.8 Å². The van der Waals surface area contributed by atoms with Crippen molar-refractivity contribution in [1.29, 1.82) is 0 Å². The molecule has 178 valence electrons. The molecular weight excluding hydrogens is 462 g/mol. The summed E-state index contributed by atoms with van der Waals surface area (Å²) in [5.41, 5.74) is 0.869. The van der Waals surface area contributed by atoms with Gasteiger partial charge in [-0.3, -0.25) is 9.59 Å². The quantitative estimate of drug-likeness (QED) is 0.421. The summed E-state index contributed by atoms with van der Waals surface area (Å²) in [5, 5.41) is 5.65. The fourth-order valence-corrected chi connectivity index (χ4v) is 4.78. The van der Waals surface area contributed by atoms with Gasteiger partial charge < -0.3 is 15.4 Å². The van der Waals surface area contributed by atoms with E-state index in [1.54, 1.807) is 36.4 Å². The van der Waals surface area contributed by atoms with Gasteiger partial charge in [-0.05, 0) is 80.7 Å². The molecule has 0 spiro atoms. The molecule has 0 radical (unpaired) electrons. The molecule has 3 rings (SSSR count). The highest BCUT2D eigenvalue weighted by molar-refractivity contribution is 7.98. The molecule has 3 N–H and O–H groups in total. The predicted molar refractivity (Wildman–Crippen MR) is 130 cm³/mol. The summed E-state index contributed by atoms with van der Waals surface area (Å²) >= 11 is 1.52. The van der Waals surface area contributed by atoms with Gasteiger partial charge >= 0.3 is 0 Å². The van der Waals surface area contributed by atoms with Crippen molar-refractivity contribution in [3.05, 3.63) is 54.1 Å². The molecule has 0 aromatic heterocycles. The van der Waals surface area contributed by atoms with Crippen LogP contribution in [0.15, 0.2) is 53.4 Å². The Bertz CT molecular complexity index is 1070. The second-order valence-corrected chi connectivity index (χ2v) is 10.4. The number of amides is 2. The van der Waals surface area contributed by atoms with E-state index < -0.39 is 22.0 Å². The molecule has 0 bridgehead atoms.